The van der Waals surface area contributed by atoms with E-state index in [0.717, 1.165) is 0 Å². The normalized spacial score (nSPS) is 9.09. The van der Waals surface area contributed by atoms with Crippen molar-refractivity contribution in [2.24, 2.45) is 0 Å². The van der Waals surface area contributed by atoms with Crippen molar-refractivity contribution >= 4 is 11.9 Å². The first kappa shape index (κ1) is 17.0. The highest BCUT2D eigenvalue weighted by Crippen LogP contribution is 2.07. The van der Waals surface area contributed by atoms with Crippen molar-refractivity contribution in [1.82, 2.24) is 0 Å². The van der Waals surface area contributed by atoms with E-state index in [9.17, 15) is 9.59 Å². The number of carbonyl (C=O) groups is 2. The van der Waals surface area contributed by atoms with E-state index < -0.39 is 11.9 Å². The Morgan fingerprint density at radius 1 is 0.682 bits per heavy atom. The molecule has 116 valence electrons. The van der Waals surface area contributed by atoms with Crippen molar-refractivity contribution in [3.05, 3.63) is 60.7 Å². The molecule has 0 saturated heterocycles. The summed E-state index contributed by atoms with van der Waals surface area (Å²) in [5, 5.41) is 16.5. The van der Waals surface area contributed by atoms with E-state index in [2.05, 4.69) is 0 Å². The molecule has 0 aromatic heterocycles. The molecule has 0 heterocycles. The van der Waals surface area contributed by atoms with Gasteiger partial charge in [-0.15, -0.1) is 0 Å². The van der Waals surface area contributed by atoms with E-state index in [1.165, 1.54) is 0 Å². The van der Waals surface area contributed by atoms with Crippen LogP contribution in [0.3, 0.4) is 0 Å². The minimum atomic E-state index is -0.964. The van der Waals surface area contributed by atoms with Gasteiger partial charge in [-0.2, -0.15) is 0 Å². The fraction of sp³-hybridized carbons (Fsp3) is 0.125. The van der Waals surface area contributed by atoms with E-state index in [1.54, 1.807) is 48.5 Å². The lowest BCUT2D eigenvalue weighted by Gasteiger charge is -2.00. The molecule has 0 bridgehead atoms. The first-order valence-electron chi connectivity index (χ1n) is 6.37. The summed E-state index contributed by atoms with van der Waals surface area (Å²) in [4.78, 5) is 20.1. The number of aliphatic carboxylic acids is 2. The molecule has 6 heteroatoms. The molecule has 2 rings (SSSR count). The third-order valence-electron chi connectivity index (χ3n) is 2.21. The molecule has 0 amide bonds. The maximum atomic E-state index is 10.0. The number of hydrogen-bond acceptors (Lipinski definition) is 4. The molecule has 2 aromatic carbocycles. The Morgan fingerprint density at radius 2 is 1.00 bits per heavy atom. The molecule has 0 unspecified atom stereocenters. The average Bonchev–Trinajstić information content (AvgIpc) is 2.53. The molecule has 2 N–H and O–H groups in total. The van der Waals surface area contributed by atoms with Crippen molar-refractivity contribution in [3.63, 3.8) is 0 Å². The number of hydrogen-bond donors (Lipinski definition) is 2. The van der Waals surface area contributed by atoms with Gasteiger partial charge in [-0.25, -0.2) is 9.59 Å². The van der Waals surface area contributed by atoms with E-state index in [-0.39, 0.29) is 13.2 Å². The van der Waals surface area contributed by atoms with Crippen LogP contribution in [0.15, 0.2) is 60.7 Å². The van der Waals surface area contributed by atoms with Crippen molar-refractivity contribution in [3.8, 4) is 11.5 Å². The van der Waals surface area contributed by atoms with Gasteiger partial charge < -0.3 is 19.7 Å². The van der Waals surface area contributed by atoms with Crippen LogP contribution in [0.25, 0.3) is 0 Å². The second kappa shape index (κ2) is 9.82. The van der Waals surface area contributed by atoms with Gasteiger partial charge in [0.1, 0.15) is 11.5 Å². The van der Waals surface area contributed by atoms with E-state index in [4.69, 9.17) is 19.7 Å². The van der Waals surface area contributed by atoms with E-state index >= 15 is 0 Å². The van der Waals surface area contributed by atoms with Crippen LogP contribution in [0, 0.1) is 0 Å². The number of carboxylic acids is 2. The summed E-state index contributed by atoms with van der Waals surface area (Å²) in [6.07, 6.45) is 0. The van der Waals surface area contributed by atoms with Crippen LogP contribution >= 0.6 is 0 Å². The van der Waals surface area contributed by atoms with E-state index in [0.29, 0.717) is 11.5 Å². The van der Waals surface area contributed by atoms with Crippen molar-refractivity contribution < 1.29 is 29.3 Å². The molecule has 2 aromatic rings. The van der Waals surface area contributed by atoms with Gasteiger partial charge in [-0.1, -0.05) is 36.4 Å². The molecule has 6 nitrogen and oxygen atoms in total. The highest BCUT2D eigenvalue weighted by atomic mass is 16.5. The zero-order chi connectivity index (χ0) is 16.2. The average molecular weight is 304 g/mol. The predicted octanol–water partition coefficient (Wildman–Crippen LogP) is 2.30. The monoisotopic (exact) mass is 304 g/mol. The maximum Gasteiger partial charge on any atom is 0.341 e. The zero-order valence-corrected chi connectivity index (χ0v) is 11.7. The van der Waals surface area contributed by atoms with Gasteiger partial charge in [0.05, 0.1) is 0 Å². The van der Waals surface area contributed by atoms with Crippen LogP contribution in [0.4, 0.5) is 0 Å². The summed E-state index contributed by atoms with van der Waals surface area (Å²) < 4.78 is 9.74. The van der Waals surface area contributed by atoms with Crippen LogP contribution < -0.4 is 9.47 Å². The van der Waals surface area contributed by atoms with Gasteiger partial charge in [0.2, 0.25) is 0 Å². The summed E-state index contributed by atoms with van der Waals surface area (Å²) in [6.45, 7) is -0.575. The standard InChI is InChI=1S/2C8H8O3/c2*9-8(10)6-11-7-4-2-1-3-5-7/h2*1-5H,6H2,(H,9,10). The molecule has 0 aliphatic rings. The molecule has 0 radical (unpaired) electrons. The Bertz CT molecular complexity index is 514. The number of benzene rings is 2. The Hall–Kier alpha value is -3.02. The molecule has 0 fully saturated rings. The van der Waals surface area contributed by atoms with Gasteiger partial charge in [-0.05, 0) is 24.3 Å². The summed E-state index contributed by atoms with van der Waals surface area (Å²) in [7, 11) is 0. The second-order valence-corrected chi connectivity index (χ2v) is 3.99. The number of rotatable bonds is 6. The molecule has 0 saturated carbocycles. The van der Waals surface area contributed by atoms with Crippen molar-refractivity contribution in [2.75, 3.05) is 13.2 Å². The highest BCUT2D eigenvalue weighted by Gasteiger charge is 1.97. The van der Waals surface area contributed by atoms with Crippen LogP contribution in [-0.4, -0.2) is 35.4 Å². The minimum absolute atomic E-state index is 0.288. The fourth-order valence-electron chi connectivity index (χ4n) is 1.32. The van der Waals surface area contributed by atoms with Crippen LogP contribution in [0.2, 0.25) is 0 Å². The number of ether oxygens (including phenoxy) is 2. The number of para-hydroxylation sites is 2. The van der Waals surface area contributed by atoms with Crippen molar-refractivity contribution in [2.45, 2.75) is 0 Å². The molecular formula is C16H16O6. The molecule has 0 aliphatic heterocycles. The summed E-state index contributed by atoms with van der Waals surface area (Å²) in [5.74, 6) is -0.771. The predicted molar refractivity (Wildman–Crippen MR) is 79.1 cm³/mol. The molecule has 0 atom stereocenters. The second-order valence-electron chi connectivity index (χ2n) is 3.99. The van der Waals surface area contributed by atoms with Gasteiger partial charge in [0.25, 0.3) is 0 Å². The molecule has 0 spiro atoms. The first-order valence-corrected chi connectivity index (χ1v) is 6.37. The fourth-order valence-corrected chi connectivity index (χ4v) is 1.32. The SMILES string of the molecule is O=C(O)COc1ccccc1.O=C(O)COc1ccccc1. The lowest BCUT2D eigenvalue weighted by Crippen LogP contribution is -2.09. The quantitative estimate of drug-likeness (QED) is 0.850. The molecular weight excluding hydrogens is 288 g/mol. The van der Waals surface area contributed by atoms with E-state index in [1.807, 2.05) is 12.1 Å². The molecule has 22 heavy (non-hydrogen) atoms. The summed E-state index contributed by atoms with van der Waals surface area (Å²) in [6, 6.07) is 17.7. The summed E-state index contributed by atoms with van der Waals surface area (Å²) in [5.41, 5.74) is 0. The van der Waals surface area contributed by atoms with Gasteiger partial charge >= 0.3 is 11.9 Å². The Morgan fingerprint density at radius 3 is 1.27 bits per heavy atom. The third-order valence-corrected chi connectivity index (χ3v) is 2.21. The molecule has 0 aliphatic carbocycles. The topological polar surface area (TPSA) is 93.1 Å². The summed E-state index contributed by atoms with van der Waals surface area (Å²) >= 11 is 0. The van der Waals surface area contributed by atoms with Crippen LogP contribution in [0.1, 0.15) is 0 Å². The number of carboxylic acid groups (broad SMARTS) is 2. The Labute approximate surface area is 127 Å². The third kappa shape index (κ3) is 8.21. The maximum absolute atomic E-state index is 10.0. The Kier molecular flexibility index (Phi) is 7.60. The lowest BCUT2D eigenvalue weighted by molar-refractivity contribution is -0.140. The lowest BCUT2D eigenvalue weighted by atomic mass is 10.3. The largest absolute Gasteiger partial charge is 0.482 e. The van der Waals surface area contributed by atoms with Crippen LogP contribution in [0.5, 0.6) is 11.5 Å². The van der Waals surface area contributed by atoms with Crippen molar-refractivity contribution in [1.29, 1.82) is 0 Å². The highest BCUT2D eigenvalue weighted by molar-refractivity contribution is 5.68. The van der Waals surface area contributed by atoms with Crippen LogP contribution in [-0.2, 0) is 9.59 Å². The smallest absolute Gasteiger partial charge is 0.341 e. The first-order chi connectivity index (χ1) is 10.6. The van der Waals surface area contributed by atoms with Gasteiger partial charge in [0, 0.05) is 0 Å². The minimum Gasteiger partial charge on any atom is -0.482 e. The van der Waals surface area contributed by atoms with Gasteiger partial charge in [0.15, 0.2) is 13.2 Å². The zero-order valence-electron chi connectivity index (χ0n) is 11.7. The Balaban J connectivity index is 0.000000220. The van der Waals surface area contributed by atoms with Gasteiger partial charge in [-0.3, -0.25) is 0 Å².